The molecule has 2 N–H and O–H groups in total. The largest absolute Gasteiger partial charge is 0.394 e. The van der Waals surface area contributed by atoms with Gasteiger partial charge in [-0.1, -0.05) is 30.7 Å². The third-order valence-electron chi connectivity index (χ3n) is 2.75. The molecule has 0 spiro atoms. The van der Waals surface area contributed by atoms with Crippen molar-refractivity contribution >= 4 is 23.4 Å². The van der Waals surface area contributed by atoms with Gasteiger partial charge in [0, 0.05) is 22.1 Å². The molecule has 0 amide bonds. The maximum atomic E-state index is 9.45. The second-order valence-corrected chi connectivity index (χ2v) is 6.19. The van der Waals surface area contributed by atoms with Crippen LogP contribution in [0, 0.1) is 0 Å². The van der Waals surface area contributed by atoms with Crippen molar-refractivity contribution in [3.8, 4) is 0 Å². The van der Waals surface area contributed by atoms with Crippen molar-refractivity contribution in [3.05, 3.63) is 34.9 Å². The molecule has 1 rings (SSSR count). The van der Waals surface area contributed by atoms with Crippen LogP contribution >= 0.6 is 23.4 Å². The van der Waals surface area contributed by atoms with Gasteiger partial charge in [-0.25, -0.2) is 0 Å². The van der Waals surface area contributed by atoms with Crippen LogP contribution in [0.5, 0.6) is 0 Å². The molecule has 0 fully saturated rings. The molecule has 1 atom stereocenters. The van der Waals surface area contributed by atoms with E-state index >= 15 is 0 Å². The van der Waals surface area contributed by atoms with Crippen LogP contribution in [0.1, 0.15) is 25.8 Å². The van der Waals surface area contributed by atoms with Gasteiger partial charge in [-0.3, -0.25) is 0 Å². The first-order valence-corrected chi connectivity index (χ1v) is 7.81. The normalized spacial score (nSPS) is 14.4. The molecule has 0 aliphatic heterocycles. The minimum atomic E-state index is -0.187. The molecule has 18 heavy (non-hydrogen) atoms. The highest BCUT2D eigenvalue weighted by atomic mass is 35.5. The molecule has 0 heterocycles. The van der Waals surface area contributed by atoms with Crippen molar-refractivity contribution in [3.63, 3.8) is 0 Å². The summed E-state index contributed by atoms with van der Waals surface area (Å²) in [6.45, 7) is 5.31. The Hall–Kier alpha value is -0.220. The predicted octanol–water partition coefficient (Wildman–Crippen LogP) is 3.32. The SMILES string of the molecule is CCCNC(C)(CO)CSCc1ccc(Cl)cc1. The summed E-state index contributed by atoms with van der Waals surface area (Å²) in [4.78, 5) is 0. The number of aliphatic hydroxyl groups is 1. The van der Waals surface area contributed by atoms with E-state index in [1.165, 1.54) is 5.56 Å². The van der Waals surface area contributed by atoms with Gasteiger partial charge >= 0.3 is 0 Å². The molecule has 0 saturated carbocycles. The minimum absolute atomic E-state index is 0.167. The molecule has 102 valence electrons. The number of hydrogen-bond acceptors (Lipinski definition) is 3. The fourth-order valence-corrected chi connectivity index (χ4v) is 2.85. The first-order chi connectivity index (χ1) is 8.59. The van der Waals surface area contributed by atoms with Crippen LogP contribution in [0.25, 0.3) is 0 Å². The van der Waals surface area contributed by atoms with Gasteiger partial charge in [0.1, 0.15) is 0 Å². The maximum Gasteiger partial charge on any atom is 0.0618 e. The van der Waals surface area contributed by atoms with Gasteiger partial charge < -0.3 is 10.4 Å². The van der Waals surface area contributed by atoms with Crippen LogP contribution < -0.4 is 5.32 Å². The molecule has 1 aromatic rings. The summed E-state index contributed by atoms with van der Waals surface area (Å²) >= 11 is 7.68. The molecular formula is C14H22ClNOS. The van der Waals surface area contributed by atoms with E-state index in [0.29, 0.717) is 0 Å². The predicted molar refractivity (Wildman–Crippen MR) is 81.4 cm³/mol. The van der Waals surface area contributed by atoms with Crippen molar-refractivity contribution in [1.82, 2.24) is 5.32 Å². The van der Waals surface area contributed by atoms with E-state index in [-0.39, 0.29) is 12.1 Å². The zero-order valence-corrected chi connectivity index (χ0v) is 12.7. The Morgan fingerprint density at radius 3 is 2.56 bits per heavy atom. The van der Waals surface area contributed by atoms with Gasteiger partial charge in [0.15, 0.2) is 0 Å². The molecule has 0 saturated heterocycles. The van der Waals surface area contributed by atoms with E-state index < -0.39 is 0 Å². The third-order valence-corrected chi connectivity index (χ3v) is 4.38. The summed E-state index contributed by atoms with van der Waals surface area (Å²) in [6, 6.07) is 7.92. The van der Waals surface area contributed by atoms with Crippen molar-refractivity contribution in [2.45, 2.75) is 31.6 Å². The lowest BCUT2D eigenvalue weighted by Gasteiger charge is -2.28. The van der Waals surface area contributed by atoms with Crippen LogP contribution in [0.4, 0.5) is 0 Å². The third kappa shape index (κ3) is 5.61. The van der Waals surface area contributed by atoms with E-state index in [4.69, 9.17) is 11.6 Å². The molecule has 2 nitrogen and oxygen atoms in total. The standard InChI is InChI=1S/C14H22ClNOS/c1-3-8-16-14(2,10-17)11-18-9-12-4-6-13(15)7-5-12/h4-7,16-17H,3,8-11H2,1-2H3. The number of thioether (sulfide) groups is 1. The van der Waals surface area contributed by atoms with Crippen molar-refractivity contribution in [2.75, 3.05) is 18.9 Å². The number of hydrogen-bond donors (Lipinski definition) is 2. The molecule has 0 aliphatic rings. The molecular weight excluding hydrogens is 266 g/mol. The topological polar surface area (TPSA) is 32.3 Å². The van der Waals surface area contributed by atoms with Gasteiger partial charge in [-0.2, -0.15) is 11.8 Å². The van der Waals surface area contributed by atoms with Gasteiger partial charge in [-0.05, 0) is 37.6 Å². The molecule has 1 aromatic carbocycles. The lowest BCUT2D eigenvalue weighted by molar-refractivity contribution is 0.192. The van der Waals surface area contributed by atoms with Crippen LogP contribution in [-0.2, 0) is 5.75 Å². The van der Waals surface area contributed by atoms with Gasteiger partial charge in [-0.15, -0.1) is 0 Å². The molecule has 4 heteroatoms. The van der Waals surface area contributed by atoms with Crippen molar-refractivity contribution < 1.29 is 5.11 Å². The van der Waals surface area contributed by atoms with E-state index in [2.05, 4.69) is 19.2 Å². The average Bonchev–Trinajstić information content (AvgIpc) is 2.39. The van der Waals surface area contributed by atoms with Crippen molar-refractivity contribution in [2.24, 2.45) is 0 Å². The maximum absolute atomic E-state index is 9.45. The summed E-state index contributed by atoms with van der Waals surface area (Å²) < 4.78 is 0. The van der Waals surface area contributed by atoms with Crippen molar-refractivity contribution in [1.29, 1.82) is 0 Å². The Kier molecular flexibility index (Phi) is 7.08. The first kappa shape index (κ1) is 15.8. The zero-order valence-electron chi connectivity index (χ0n) is 11.1. The molecule has 0 aromatic heterocycles. The summed E-state index contributed by atoms with van der Waals surface area (Å²) in [5.41, 5.74) is 1.08. The number of nitrogens with one attached hydrogen (secondary N) is 1. The smallest absolute Gasteiger partial charge is 0.0618 e. The minimum Gasteiger partial charge on any atom is -0.394 e. The Morgan fingerprint density at radius 1 is 1.33 bits per heavy atom. The highest BCUT2D eigenvalue weighted by Gasteiger charge is 2.21. The molecule has 0 radical (unpaired) electrons. The van der Waals surface area contributed by atoms with Crippen LogP contribution in [-0.4, -0.2) is 29.5 Å². The molecule has 1 unspecified atom stereocenters. The number of aliphatic hydroxyl groups excluding tert-OH is 1. The molecule has 0 aliphatic carbocycles. The Morgan fingerprint density at radius 2 is 2.00 bits per heavy atom. The van der Waals surface area contributed by atoms with Crippen LogP contribution in [0.15, 0.2) is 24.3 Å². The summed E-state index contributed by atoms with van der Waals surface area (Å²) in [5.74, 6) is 1.84. The van der Waals surface area contributed by atoms with E-state index in [0.717, 1.165) is 29.5 Å². The van der Waals surface area contributed by atoms with Crippen LogP contribution in [0.3, 0.4) is 0 Å². The number of halogens is 1. The van der Waals surface area contributed by atoms with E-state index in [1.807, 2.05) is 36.0 Å². The average molecular weight is 288 g/mol. The number of benzene rings is 1. The van der Waals surface area contributed by atoms with Gasteiger partial charge in [0.2, 0.25) is 0 Å². The van der Waals surface area contributed by atoms with E-state index in [9.17, 15) is 5.11 Å². The highest BCUT2D eigenvalue weighted by molar-refractivity contribution is 7.98. The summed E-state index contributed by atoms with van der Waals surface area (Å²) in [7, 11) is 0. The second kappa shape index (κ2) is 8.05. The van der Waals surface area contributed by atoms with E-state index in [1.54, 1.807) is 0 Å². The zero-order chi connectivity index (χ0) is 13.4. The fourth-order valence-electron chi connectivity index (χ4n) is 1.55. The fraction of sp³-hybridized carbons (Fsp3) is 0.571. The summed E-state index contributed by atoms with van der Waals surface area (Å²) in [6.07, 6.45) is 1.08. The monoisotopic (exact) mass is 287 g/mol. The number of rotatable bonds is 8. The van der Waals surface area contributed by atoms with Crippen LogP contribution in [0.2, 0.25) is 5.02 Å². The first-order valence-electron chi connectivity index (χ1n) is 6.28. The summed E-state index contributed by atoms with van der Waals surface area (Å²) in [5, 5.41) is 13.6. The van der Waals surface area contributed by atoms with Gasteiger partial charge in [0.25, 0.3) is 0 Å². The Bertz CT molecular complexity index is 344. The van der Waals surface area contributed by atoms with Gasteiger partial charge in [0.05, 0.1) is 6.61 Å². The second-order valence-electron chi connectivity index (χ2n) is 4.76. The Balaban J connectivity index is 2.36. The lowest BCUT2D eigenvalue weighted by Crippen LogP contribution is -2.48. The molecule has 0 bridgehead atoms. The lowest BCUT2D eigenvalue weighted by atomic mass is 10.1. The highest BCUT2D eigenvalue weighted by Crippen LogP contribution is 2.19. The Labute approximate surface area is 119 Å². The quantitative estimate of drug-likeness (QED) is 0.769.